The van der Waals surface area contributed by atoms with Gasteiger partial charge in [-0.15, -0.1) is 0 Å². The first kappa shape index (κ1) is 18.1. The van der Waals surface area contributed by atoms with E-state index in [0.717, 1.165) is 11.1 Å². The van der Waals surface area contributed by atoms with Gasteiger partial charge in [0.05, 0.1) is 11.2 Å². The van der Waals surface area contributed by atoms with Crippen LogP contribution in [0.1, 0.15) is 10.6 Å². The Morgan fingerprint density at radius 2 is 1.68 bits per heavy atom. The van der Waals surface area contributed by atoms with E-state index in [1.807, 2.05) is 48.5 Å². The first-order chi connectivity index (χ1) is 13.6. The molecule has 0 atom stereocenters. The van der Waals surface area contributed by atoms with Crippen molar-refractivity contribution < 1.29 is 9.18 Å². The highest BCUT2D eigenvalue weighted by Gasteiger charge is 2.16. The third-order valence-corrected chi connectivity index (χ3v) is 4.52. The van der Waals surface area contributed by atoms with Crippen molar-refractivity contribution in [2.24, 2.45) is 0 Å². The zero-order valence-corrected chi connectivity index (χ0v) is 16.1. The standard InChI is InChI=1S/C21H14BrFN4O/c22-13-10-11-18(16(23)12-13)26-21(28)20-25-17-9-5-4-8-15(17)19(27-20)24-14-6-2-1-3-7-14/h1-12H,(H,26,28)(H,24,25,27). The fraction of sp³-hybridized carbons (Fsp3) is 0. The second kappa shape index (κ2) is 7.74. The number of carbonyl (C=O) groups excluding carboxylic acids is 1. The Bertz CT molecular complexity index is 1170. The predicted octanol–water partition coefficient (Wildman–Crippen LogP) is 5.53. The van der Waals surface area contributed by atoms with Crippen molar-refractivity contribution in [1.82, 2.24) is 9.97 Å². The van der Waals surface area contributed by atoms with Gasteiger partial charge in [-0.3, -0.25) is 4.79 Å². The van der Waals surface area contributed by atoms with Gasteiger partial charge in [-0.25, -0.2) is 14.4 Å². The van der Waals surface area contributed by atoms with E-state index < -0.39 is 11.7 Å². The van der Waals surface area contributed by atoms with E-state index in [4.69, 9.17) is 0 Å². The average Bonchev–Trinajstić information content (AvgIpc) is 2.71. The normalized spacial score (nSPS) is 10.6. The summed E-state index contributed by atoms with van der Waals surface area (Å²) in [5, 5.41) is 6.51. The third-order valence-electron chi connectivity index (χ3n) is 4.02. The molecule has 0 saturated heterocycles. The molecular formula is C21H14BrFN4O. The molecule has 0 spiro atoms. The van der Waals surface area contributed by atoms with Crippen molar-refractivity contribution in [1.29, 1.82) is 0 Å². The maximum absolute atomic E-state index is 14.0. The summed E-state index contributed by atoms with van der Waals surface area (Å²) in [6.07, 6.45) is 0. The number of halogens is 2. The number of anilines is 3. The first-order valence-corrected chi connectivity index (χ1v) is 9.25. The summed E-state index contributed by atoms with van der Waals surface area (Å²) < 4.78 is 14.6. The van der Waals surface area contributed by atoms with E-state index in [9.17, 15) is 9.18 Å². The Kier molecular flexibility index (Phi) is 4.99. The number of para-hydroxylation sites is 2. The maximum Gasteiger partial charge on any atom is 0.293 e. The SMILES string of the molecule is O=C(Nc1ccc(Br)cc1F)c1nc(Nc2ccccc2)c2ccccc2n1. The molecule has 0 unspecified atom stereocenters. The van der Waals surface area contributed by atoms with Gasteiger partial charge in [0.15, 0.2) is 0 Å². The van der Waals surface area contributed by atoms with Crippen molar-refractivity contribution in [3.8, 4) is 0 Å². The van der Waals surface area contributed by atoms with Crippen LogP contribution >= 0.6 is 15.9 Å². The summed E-state index contributed by atoms with van der Waals surface area (Å²) in [5.41, 5.74) is 1.50. The van der Waals surface area contributed by atoms with Gasteiger partial charge in [0.1, 0.15) is 11.6 Å². The van der Waals surface area contributed by atoms with E-state index >= 15 is 0 Å². The van der Waals surface area contributed by atoms with E-state index in [0.29, 0.717) is 15.8 Å². The van der Waals surface area contributed by atoms with Crippen molar-refractivity contribution in [2.75, 3.05) is 10.6 Å². The van der Waals surface area contributed by atoms with E-state index in [2.05, 4.69) is 36.5 Å². The summed E-state index contributed by atoms with van der Waals surface area (Å²) in [7, 11) is 0. The number of hydrogen-bond acceptors (Lipinski definition) is 4. The van der Waals surface area contributed by atoms with Crippen molar-refractivity contribution in [3.63, 3.8) is 0 Å². The summed E-state index contributed by atoms with van der Waals surface area (Å²) in [6, 6.07) is 21.3. The lowest BCUT2D eigenvalue weighted by atomic mass is 10.2. The molecule has 4 aromatic rings. The van der Waals surface area contributed by atoms with Gasteiger partial charge in [-0.05, 0) is 42.5 Å². The molecule has 0 bridgehead atoms. The molecule has 28 heavy (non-hydrogen) atoms. The molecule has 1 heterocycles. The molecule has 0 saturated carbocycles. The molecule has 0 aliphatic carbocycles. The van der Waals surface area contributed by atoms with Gasteiger partial charge in [-0.1, -0.05) is 46.3 Å². The lowest BCUT2D eigenvalue weighted by molar-refractivity contribution is 0.101. The monoisotopic (exact) mass is 436 g/mol. The van der Waals surface area contributed by atoms with Crippen LogP contribution in [0.4, 0.5) is 21.6 Å². The number of nitrogens with one attached hydrogen (secondary N) is 2. The van der Waals surface area contributed by atoms with Crippen molar-refractivity contribution in [3.05, 3.63) is 88.9 Å². The van der Waals surface area contributed by atoms with Crippen LogP contribution in [0.5, 0.6) is 0 Å². The predicted molar refractivity (Wildman–Crippen MR) is 111 cm³/mol. The van der Waals surface area contributed by atoms with Gasteiger partial charge >= 0.3 is 0 Å². The van der Waals surface area contributed by atoms with E-state index in [1.54, 1.807) is 12.1 Å². The van der Waals surface area contributed by atoms with Gasteiger partial charge < -0.3 is 10.6 Å². The van der Waals surface area contributed by atoms with Gasteiger partial charge in [-0.2, -0.15) is 0 Å². The number of aromatic nitrogens is 2. The molecule has 5 nitrogen and oxygen atoms in total. The number of nitrogens with zero attached hydrogens (tertiary/aromatic N) is 2. The number of fused-ring (bicyclic) bond motifs is 1. The minimum Gasteiger partial charge on any atom is -0.340 e. The lowest BCUT2D eigenvalue weighted by Crippen LogP contribution is -2.17. The van der Waals surface area contributed by atoms with Crippen LogP contribution in [0, 0.1) is 5.82 Å². The highest BCUT2D eigenvalue weighted by Crippen LogP contribution is 2.25. The molecule has 0 aliphatic heterocycles. The quantitative estimate of drug-likeness (QED) is 0.441. The third kappa shape index (κ3) is 3.84. The molecule has 138 valence electrons. The van der Waals surface area contributed by atoms with Crippen LogP contribution in [0.15, 0.2) is 77.3 Å². The Morgan fingerprint density at radius 1 is 0.929 bits per heavy atom. The van der Waals surface area contributed by atoms with Gasteiger partial charge in [0.2, 0.25) is 5.82 Å². The molecule has 3 aromatic carbocycles. The highest BCUT2D eigenvalue weighted by molar-refractivity contribution is 9.10. The van der Waals surface area contributed by atoms with Crippen molar-refractivity contribution in [2.45, 2.75) is 0 Å². The Hall–Kier alpha value is -3.32. The van der Waals surface area contributed by atoms with E-state index in [-0.39, 0.29) is 11.5 Å². The lowest BCUT2D eigenvalue weighted by Gasteiger charge is -2.11. The van der Waals surface area contributed by atoms with Crippen LogP contribution in [0.3, 0.4) is 0 Å². The number of hydrogen-bond donors (Lipinski definition) is 2. The smallest absolute Gasteiger partial charge is 0.293 e. The van der Waals surface area contributed by atoms with Crippen LogP contribution in [-0.4, -0.2) is 15.9 Å². The summed E-state index contributed by atoms with van der Waals surface area (Å²) >= 11 is 3.19. The fourth-order valence-electron chi connectivity index (χ4n) is 2.70. The molecule has 7 heteroatoms. The number of benzene rings is 3. The fourth-order valence-corrected chi connectivity index (χ4v) is 3.03. The minimum absolute atomic E-state index is 0.0561. The Morgan fingerprint density at radius 3 is 2.46 bits per heavy atom. The van der Waals surface area contributed by atoms with Crippen LogP contribution < -0.4 is 10.6 Å². The molecule has 4 rings (SSSR count). The second-order valence-corrected chi connectivity index (χ2v) is 6.90. The number of rotatable bonds is 4. The van der Waals surface area contributed by atoms with Crippen LogP contribution in [-0.2, 0) is 0 Å². The zero-order chi connectivity index (χ0) is 19.5. The minimum atomic E-state index is -0.594. The van der Waals surface area contributed by atoms with Gasteiger partial charge in [0, 0.05) is 15.5 Å². The Labute approximate surface area is 168 Å². The summed E-state index contributed by atoms with van der Waals surface area (Å²) in [5.74, 6) is -0.702. The molecular weight excluding hydrogens is 423 g/mol. The molecule has 1 aromatic heterocycles. The molecule has 0 radical (unpaired) electrons. The summed E-state index contributed by atoms with van der Waals surface area (Å²) in [6.45, 7) is 0. The van der Waals surface area contributed by atoms with Gasteiger partial charge in [0.25, 0.3) is 5.91 Å². The molecule has 2 N–H and O–H groups in total. The molecule has 0 fully saturated rings. The second-order valence-electron chi connectivity index (χ2n) is 5.98. The topological polar surface area (TPSA) is 66.9 Å². The largest absolute Gasteiger partial charge is 0.340 e. The van der Waals surface area contributed by atoms with Crippen LogP contribution in [0.2, 0.25) is 0 Å². The van der Waals surface area contributed by atoms with E-state index in [1.165, 1.54) is 12.1 Å². The average molecular weight is 437 g/mol. The Balaban J connectivity index is 1.71. The highest BCUT2D eigenvalue weighted by atomic mass is 79.9. The summed E-state index contributed by atoms with van der Waals surface area (Å²) in [4.78, 5) is 21.4. The number of carbonyl (C=O) groups is 1. The van der Waals surface area contributed by atoms with Crippen molar-refractivity contribution >= 4 is 49.9 Å². The van der Waals surface area contributed by atoms with Crippen LogP contribution in [0.25, 0.3) is 10.9 Å². The zero-order valence-electron chi connectivity index (χ0n) is 14.5. The maximum atomic E-state index is 14.0. The number of amides is 1. The molecule has 1 amide bonds. The first-order valence-electron chi connectivity index (χ1n) is 8.45. The molecule has 0 aliphatic rings.